The average molecular weight is 342 g/mol. The number of methoxy groups -OCH3 is 1. The number of ether oxygens (including phenoxy) is 1. The fourth-order valence-electron chi connectivity index (χ4n) is 3.02. The molecule has 6 nitrogen and oxygen atoms in total. The number of aromatic nitrogens is 3. The molecule has 1 atom stereocenters. The lowest BCUT2D eigenvalue weighted by molar-refractivity contribution is 0.164. The second-order valence-electron chi connectivity index (χ2n) is 5.85. The number of aliphatic hydroxyl groups excluding tert-OH is 1. The van der Waals surface area contributed by atoms with E-state index in [0.29, 0.717) is 23.8 Å². The molecule has 0 spiro atoms. The first-order valence-electron chi connectivity index (χ1n) is 7.78. The smallest absolute Gasteiger partial charge is 0.180 e. The summed E-state index contributed by atoms with van der Waals surface area (Å²) >= 11 is 1.49. The number of benzene rings is 1. The summed E-state index contributed by atoms with van der Waals surface area (Å²) in [5.41, 5.74) is 9.42. The Balaban J connectivity index is 1.69. The maximum Gasteiger partial charge on any atom is 0.180 e. The van der Waals surface area contributed by atoms with E-state index >= 15 is 0 Å². The average Bonchev–Trinajstić information content (AvgIpc) is 3.14. The van der Waals surface area contributed by atoms with E-state index in [1.54, 1.807) is 7.11 Å². The van der Waals surface area contributed by atoms with Crippen LogP contribution in [0.25, 0.3) is 11.3 Å². The van der Waals surface area contributed by atoms with Crippen LogP contribution < -0.4 is 10.5 Å². The van der Waals surface area contributed by atoms with E-state index in [0.717, 1.165) is 33.9 Å². The maximum atomic E-state index is 10.4. The largest absolute Gasteiger partial charge is 0.497 e. The molecule has 0 saturated carbocycles. The third-order valence-corrected chi connectivity index (χ3v) is 5.17. The Kier molecular flexibility index (Phi) is 3.74. The van der Waals surface area contributed by atoms with Crippen molar-refractivity contribution in [1.29, 1.82) is 0 Å². The molecule has 4 rings (SSSR count). The van der Waals surface area contributed by atoms with E-state index in [1.807, 2.05) is 35.1 Å². The van der Waals surface area contributed by atoms with E-state index in [-0.39, 0.29) is 0 Å². The highest BCUT2D eigenvalue weighted by Crippen LogP contribution is 2.39. The standard InChI is InChI=1S/C17H18N4O2S/c1-23-11-4-2-10(3-5-11)8-21-9-12-15(20-21)13(22)6-7-14-16(12)19-17(18)24-14/h2-5,9,13,22H,6-8H2,1H3,(H2,18,19). The van der Waals surface area contributed by atoms with Crippen molar-refractivity contribution in [3.8, 4) is 17.0 Å². The fourth-order valence-corrected chi connectivity index (χ4v) is 3.88. The van der Waals surface area contributed by atoms with Gasteiger partial charge in [-0.25, -0.2) is 4.98 Å². The maximum absolute atomic E-state index is 10.4. The molecule has 3 N–H and O–H groups in total. The van der Waals surface area contributed by atoms with Gasteiger partial charge in [0.2, 0.25) is 0 Å². The monoisotopic (exact) mass is 342 g/mol. The summed E-state index contributed by atoms with van der Waals surface area (Å²) in [7, 11) is 1.65. The highest BCUT2D eigenvalue weighted by Gasteiger charge is 2.27. The number of fused-ring (bicyclic) bond motifs is 3. The lowest BCUT2D eigenvalue weighted by Gasteiger charge is -2.06. The Morgan fingerprint density at radius 1 is 1.38 bits per heavy atom. The van der Waals surface area contributed by atoms with Gasteiger partial charge in [-0.2, -0.15) is 5.10 Å². The molecule has 7 heteroatoms. The number of hydrogen-bond donors (Lipinski definition) is 2. The molecule has 0 radical (unpaired) electrons. The number of aliphatic hydroxyl groups is 1. The first-order chi connectivity index (χ1) is 11.6. The number of thiazole rings is 1. The molecule has 0 fully saturated rings. The van der Waals surface area contributed by atoms with Crippen LogP contribution in [0.4, 0.5) is 5.13 Å². The van der Waals surface area contributed by atoms with Crippen molar-refractivity contribution in [2.24, 2.45) is 0 Å². The minimum Gasteiger partial charge on any atom is -0.497 e. The number of nitrogens with two attached hydrogens (primary N) is 1. The summed E-state index contributed by atoms with van der Waals surface area (Å²) < 4.78 is 7.03. The first-order valence-corrected chi connectivity index (χ1v) is 8.59. The predicted molar refractivity (Wildman–Crippen MR) is 93.1 cm³/mol. The lowest BCUT2D eigenvalue weighted by atomic mass is 10.1. The zero-order valence-electron chi connectivity index (χ0n) is 13.3. The Hall–Kier alpha value is -2.38. The molecule has 0 aliphatic heterocycles. The van der Waals surface area contributed by atoms with Crippen molar-refractivity contribution < 1.29 is 9.84 Å². The van der Waals surface area contributed by atoms with Crippen molar-refractivity contribution >= 4 is 16.5 Å². The van der Waals surface area contributed by atoms with Gasteiger partial charge in [-0.05, 0) is 30.5 Å². The van der Waals surface area contributed by atoms with Crippen LogP contribution in [0, 0.1) is 0 Å². The molecule has 24 heavy (non-hydrogen) atoms. The third-order valence-electron chi connectivity index (χ3n) is 4.22. The van der Waals surface area contributed by atoms with Gasteiger partial charge in [0, 0.05) is 16.6 Å². The zero-order valence-corrected chi connectivity index (χ0v) is 14.1. The highest BCUT2D eigenvalue weighted by atomic mass is 32.1. The Morgan fingerprint density at radius 2 is 2.17 bits per heavy atom. The van der Waals surface area contributed by atoms with Crippen molar-refractivity contribution in [2.45, 2.75) is 25.5 Å². The molecule has 3 aromatic rings. The summed E-state index contributed by atoms with van der Waals surface area (Å²) in [6, 6.07) is 7.87. The number of rotatable bonds is 3. The number of nitrogens with zero attached hydrogens (tertiary/aromatic N) is 3. The molecule has 1 aromatic carbocycles. The summed E-state index contributed by atoms with van der Waals surface area (Å²) in [5.74, 6) is 0.827. The van der Waals surface area contributed by atoms with Gasteiger partial charge >= 0.3 is 0 Å². The van der Waals surface area contributed by atoms with Crippen LogP contribution in [-0.2, 0) is 13.0 Å². The van der Waals surface area contributed by atoms with E-state index in [9.17, 15) is 5.11 Å². The number of nitrogen functional groups attached to an aromatic ring is 1. The second kappa shape index (κ2) is 5.92. The predicted octanol–water partition coefficient (Wildman–Crippen LogP) is 2.63. The van der Waals surface area contributed by atoms with Crippen LogP contribution in [0.15, 0.2) is 30.5 Å². The fraction of sp³-hybridized carbons (Fsp3) is 0.294. The molecule has 0 amide bonds. The Bertz CT molecular complexity index is 869. The summed E-state index contributed by atoms with van der Waals surface area (Å²) in [6.45, 7) is 0.624. The molecule has 1 unspecified atom stereocenters. The Labute approximate surface area is 143 Å². The SMILES string of the molecule is COc1ccc(Cn2cc3c(n2)C(O)CCc2sc(N)nc2-3)cc1. The number of anilines is 1. The van der Waals surface area contributed by atoms with Gasteiger partial charge < -0.3 is 15.6 Å². The lowest BCUT2D eigenvalue weighted by Crippen LogP contribution is -2.04. The molecule has 2 heterocycles. The quantitative estimate of drug-likeness (QED) is 0.764. The molecule has 2 aromatic heterocycles. The van der Waals surface area contributed by atoms with Gasteiger partial charge in [-0.1, -0.05) is 12.1 Å². The molecular formula is C17H18N4O2S. The molecule has 0 saturated heterocycles. The summed E-state index contributed by atoms with van der Waals surface area (Å²) in [5, 5.41) is 15.6. The van der Waals surface area contributed by atoms with Crippen LogP contribution in [-0.4, -0.2) is 27.0 Å². The van der Waals surface area contributed by atoms with Gasteiger partial charge in [-0.3, -0.25) is 4.68 Å². The first kappa shape index (κ1) is 15.2. The van der Waals surface area contributed by atoms with Gasteiger partial charge in [-0.15, -0.1) is 11.3 Å². The minimum atomic E-state index is -0.570. The number of aryl methyl sites for hydroxylation is 1. The van der Waals surface area contributed by atoms with E-state index < -0.39 is 6.10 Å². The van der Waals surface area contributed by atoms with Crippen molar-refractivity contribution in [3.63, 3.8) is 0 Å². The van der Waals surface area contributed by atoms with Crippen LogP contribution >= 0.6 is 11.3 Å². The second-order valence-corrected chi connectivity index (χ2v) is 6.97. The number of hydrogen-bond acceptors (Lipinski definition) is 6. The third kappa shape index (κ3) is 2.65. The van der Waals surface area contributed by atoms with Gasteiger partial charge in [0.15, 0.2) is 5.13 Å². The van der Waals surface area contributed by atoms with Crippen molar-refractivity contribution in [1.82, 2.24) is 14.8 Å². The van der Waals surface area contributed by atoms with Crippen LogP contribution in [0.1, 0.15) is 28.7 Å². The minimum absolute atomic E-state index is 0.560. The van der Waals surface area contributed by atoms with Crippen LogP contribution in [0.5, 0.6) is 5.75 Å². The van der Waals surface area contributed by atoms with E-state index in [2.05, 4.69) is 10.1 Å². The van der Waals surface area contributed by atoms with Crippen molar-refractivity contribution in [3.05, 3.63) is 46.6 Å². The van der Waals surface area contributed by atoms with Gasteiger partial charge in [0.1, 0.15) is 11.4 Å². The van der Waals surface area contributed by atoms with Crippen molar-refractivity contribution in [2.75, 3.05) is 12.8 Å². The normalized spacial score (nSPS) is 16.3. The molecule has 0 bridgehead atoms. The van der Waals surface area contributed by atoms with Gasteiger partial charge in [0.25, 0.3) is 0 Å². The van der Waals surface area contributed by atoms with Crippen LogP contribution in [0.2, 0.25) is 0 Å². The highest BCUT2D eigenvalue weighted by molar-refractivity contribution is 7.15. The van der Waals surface area contributed by atoms with E-state index in [1.165, 1.54) is 11.3 Å². The topological polar surface area (TPSA) is 86.2 Å². The van der Waals surface area contributed by atoms with Gasteiger partial charge in [0.05, 0.1) is 25.5 Å². The molecular weight excluding hydrogens is 324 g/mol. The summed E-state index contributed by atoms with van der Waals surface area (Å²) in [4.78, 5) is 5.57. The van der Waals surface area contributed by atoms with E-state index in [4.69, 9.17) is 10.5 Å². The Morgan fingerprint density at radius 3 is 2.92 bits per heavy atom. The zero-order chi connectivity index (χ0) is 16.7. The molecule has 124 valence electrons. The van der Waals surface area contributed by atoms with Crippen LogP contribution in [0.3, 0.4) is 0 Å². The summed E-state index contributed by atoms with van der Waals surface area (Å²) in [6.07, 6.45) is 2.80. The molecule has 1 aliphatic rings. The molecule has 1 aliphatic carbocycles.